The van der Waals surface area contributed by atoms with Crippen molar-refractivity contribution in [2.45, 2.75) is 47.3 Å². The van der Waals surface area contributed by atoms with Gasteiger partial charge in [0.25, 0.3) is 27.5 Å². The fourth-order valence-corrected chi connectivity index (χ4v) is 14.5. The molecule has 0 spiro atoms. The van der Waals surface area contributed by atoms with E-state index in [4.69, 9.17) is 85.1 Å². The Hall–Kier alpha value is -9.99. The molecule has 5 aromatic rings. The van der Waals surface area contributed by atoms with E-state index in [-0.39, 0.29) is 174 Å². The molecule has 1 aliphatic carbocycles. The third-order valence-corrected chi connectivity index (χ3v) is 20.2. The van der Waals surface area contributed by atoms with E-state index in [0.29, 0.717) is 12.0 Å². The molecule has 1 saturated heterocycles. The number of phosphoric ester groups is 1. The molecule has 2 aliphatic heterocycles. The number of nitrogens with one attached hydrogen (secondary N) is 6. The average molecular weight is 1640 g/mol. The van der Waals surface area contributed by atoms with Crippen molar-refractivity contribution in [3.63, 3.8) is 0 Å². The van der Waals surface area contributed by atoms with Gasteiger partial charge in [-0.1, -0.05) is 33.2 Å². The van der Waals surface area contributed by atoms with E-state index in [2.05, 4.69) is 81.1 Å². The lowest BCUT2D eigenvalue weighted by molar-refractivity contribution is -0.432. The maximum atomic E-state index is 13.5. The highest BCUT2D eigenvalue weighted by Gasteiger charge is 2.44. The number of carbonyl (C=O) groups is 5. The van der Waals surface area contributed by atoms with Gasteiger partial charge in [0.15, 0.2) is 28.1 Å². The van der Waals surface area contributed by atoms with E-state index in [1.54, 1.807) is 0 Å². The van der Waals surface area contributed by atoms with Crippen LogP contribution in [0.4, 0.5) is 11.6 Å². The van der Waals surface area contributed by atoms with Crippen molar-refractivity contribution in [2.75, 3.05) is 104 Å². The van der Waals surface area contributed by atoms with Crippen molar-refractivity contribution >= 4 is 109 Å². The van der Waals surface area contributed by atoms with Crippen LogP contribution in [0.1, 0.15) is 55.7 Å². The number of H-pyrrole nitrogens is 1. The monoisotopic (exact) mass is 1640 g/mol. The van der Waals surface area contributed by atoms with E-state index in [1.807, 2.05) is 0 Å². The highest BCUT2D eigenvalue weighted by molar-refractivity contribution is 7.95. The molecular formula is C58H65N16O31P3S2. The number of nitrogens with two attached hydrogens (primary N) is 2. The third-order valence-electron chi connectivity index (χ3n) is 14.8. The number of amides is 4. The number of nitrogen functional groups attached to an aromatic ring is 2. The highest BCUT2D eigenvalue weighted by Crippen LogP contribution is 2.66. The summed E-state index contributed by atoms with van der Waals surface area (Å²) in [6.07, 6.45) is -3.76. The number of ether oxygens (including phenoxy) is 7. The van der Waals surface area contributed by atoms with Gasteiger partial charge in [0.1, 0.15) is 42.9 Å². The number of fused-ring (bicyclic) bond motifs is 3. The van der Waals surface area contributed by atoms with Crippen LogP contribution in [0.25, 0.3) is 65.3 Å². The molecule has 0 bridgehead atoms. The van der Waals surface area contributed by atoms with Gasteiger partial charge in [-0.15, -0.1) is 4.33 Å². The fourth-order valence-electron chi connectivity index (χ4n) is 10.3. The summed E-state index contributed by atoms with van der Waals surface area (Å²) in [6, 6.07) is 14.7. The number of nitrogens with zero attached hydrogens (tertiary/aromatic N) is 8. The zero-order valence-electron chi connectivity index (χ0n) is 56.4. The summed E-state index contributed by atoms with van der Waals surface area (Å²) < 4.78 is 134. The number of carboxylic acids is 1. The van der Waals surface area contributed by atoms with Gasteiger partial charge in [0, 0.05) is 76.1 Å². The highest BCUT2D eigenvalue weighted by atomic mass is 32.2. The van der Waals surface area contributed by atoms with Gasteiger partial charge < -0.3 is 99.6 Å². The normalized spacial score (nSPS) is 15.6. The van der Waals surface area contributed by atoms with Crippen molar-refractivity contribution < 1.29 is 141 Å². The Bertz CT molecular complexity index is 5100. The molecule has 1 fully saturated rings. The second-order valence-electron chi connectivity index (χ2n) is 22.2. The summed E-state index contributed by atoms with van der Waals surface area (Å²) in [4.78, 5) is 125. The number of hydrogen-bond donors (Lipinski definition) is 15. The summed E-state index contributed by atoms with van der Waals surface area (Å²) in [5, 5.41) is 47.8. The Morgan fingerprint density at radius 3 is 2.31 bits per heavy atom. The lowest BCUT2D eigenvalue weighted by Crippen LogP contribution is -2.35. The minimum absolute atomic E-state index is 0.00612. The van der Waals surface area contributed by atoms with E-state index >= 15 is 0 Å². The van der Waals surface area contributed by atoms with Gasteiger partial charge in [-0.3, -0.25) is 43.4 Å². The van der Waals surface area contributed by atoms with Crippen LogP contribution in [-0.4, -0.2) is 198 Å². The second kappa shape index (κ2) is 39.6. The minimum Gasteiger partial charge on any atom is -0.491 e. The maximum absolute atomic E-state index is 13.5. The van der Waals surface area contributed by atoms with Gasteiger partial charge in [-0.25, -0.2) is 23.7 Å². The molecule has 3 aromatic carbocycles. The minimum atomic E-state index is -5.87. The number of benzene rings is 4. The Balaban J connectivity index is 0.706. The van der Waals surface area contributed by atoms with Crippen molar-refractivity contribution in [3.05, 3.63) is 132 Å². The summed E-state index contributed by atoms with van der Waals surface area (Å²) in [6.45, 7) is -2.81. The van der Waals surface area contributed by atoms with Gasteiger partial charge in [-0.05, 0) is 77.3 Å². The van der Waals surface area contributed by atoms with Gasteiger partial charge >= 0.3 is 29.4 Å². The number of rotatable bonds is 42. The van der Waals surface area contributed by atoms with E-state index in [1.165, 1.54) is 65.4 Å². The zero-order chi connectivity index (χ0) is 79.9. The Morgan fingerprint density at radius 2 is 1.59 bits per heavy atom. The predicted octanol–water partition coefficient (Wildman–Crippen LogP) is 3.46. The molecule has 4 amide bonds. The largest absolute Gasteiger partial charge is 0.491 e. The maximum Gasteiger partial charge on any atom is 0.490 e. The Labute approximate surface area is 621 Å². The first kappa shape index (κ1) is 85.6. The standard InChI is InChI=1S/C58H65N16O31P3S2/c59-39-10-8-36-48(37-9-11-40(60)52(110(90,91)92)50(37)101-49(36)51(39)109-103-102-82)38-24-32(6-7-35(38)57(80)81)55(78)67-16-18-94-20-19-93-17-12-43(75)65-14-15-66-54(77)31-3-1-5-34(23-31)97-29-45(71-73-63)96-22-21-95-28-44(76)64-13-2-4-33-26-74(53-47(33)56(79)70-58(61)69-53)46-25-41(98-30-68-72-62)42(100-46)27-99-107(86,87)105-108(88,89)104-106(83,84)85/h1,3,5-11,23-24,26,41-42,45-46,60,82H,12-22,25,27-30,59H2,(H,64,76)(H,65,75)(H,66,77)(H,67,78)(H,80,81)(H,86,87)(H,88,89)(H2,83,84,85)(H,90,91,92)(H3,61,69,70,79). The molecule has 4 heterocycles. The van der Waals surface area contributed by atoms with E-state index in [9.17, 15) is 70.3 Å². The Morgan fingerprint density at radius 1 is 0.864 bits per heavy atom. The average Bonchev–Trinajstić information content (AvgIpc) is 0.902. The predicted molar refractivity (Wildman–Crippen MR) is 373 cm³/mol. The summed E-state index contributed by atoms with van der Waals surface area (Å²) in [5.74, 6) is 1.04. The molecule has 47 nitrogen and oxygen atoms in total. The summed E-state index contributed by atoms with van der Waals surface area (Å²) in [7, 11) is -22.4. The fraction of sp³-hybridized carbons (Fsp3) is 0.345. The van der Waals surface area contributed by atoms with Crippen LogP contribution < -0.4 is 48.4 Å². The second-order valence-corrected chi connectivity index (χ2v) is 28.7. The number of carbonyl (C=O) groups excluding carboxylic acids is 4. The van der Waals surface area contributed by atoms with E-state index < -0.39 is 123 Å². The number of aromatic carboxylic acids is 1. The number of azide groups is 2. The van der Waals surface area contributed by atoms with Crippen molar-refractivity contribution in [2.24, 2.45) is 10.2 Å². The number of anilines is 2. The van der Waals surface area contributed by atoms with Crippen molar-refractivity contribution in [1.29, 1.82) is 5.41 Å². The molecule has 0 saturated carbocycles. The van der Waals surface area contributed by atoms with Crippen LogP contribution in [-0.2, 0) is 84.3 Å². The molecule has 52 heteroatoms. The molecule has 590 valence electrons. The van der Waals surface area contributed by atoms with E-state index in [0.717, 1.165) is 12.1 Å². The SMILES string of the molecule is [N-]=[N+]=NCOC1CC(n2cc(C#CCNC(=O)COCCOC(COc3cccc(C(=O)NCCNC(=O)CCOCCOCCNC(=O)c4ccc(C(=O)O)c(-c5c6ccc(=N)c(S(=O)(=O)O)c-6oc6c(SOOO)c(N)ccc56)c4)c3)N=[N+]=[N-])c3c(=O)[nH]c(N)nc32)OC1COP(=O)(O)OP(=O)(O)OP(=O)(O)O. The first-order chi connectivity index (χ1) is 52.3. The molecular weight excluding hydrogens is 1570 g/mol. The molecule has 110 heavy (non-hydrogen) atoms. The molecule has 3 aliphatic rings. The number of hydrogen-bond acceptors (Lipinski definition) is 32. The number of carboxylic acid groups (broad SMARTS) is 1. The molecule has 0 radical (unpaired) electrons. The first-order valence-corrected chi connectivity index (χ1v) is 38.0. The van der Waals surface area contributed by atoms with Crippen LogP contribution in [0.2, 0.25) is 0 Å². The van der Waals surface area contributed by atoms with Gasteiger partial charge in [0.2, 0.25) is 17.8 Å². The topological polar surface area (TPSA) is 708 Å². The van der Waals surface area contributed by atoms with Crippen LogP contribution in [0, 0.1) is 17.3 Å². The first-order valence-electron chi connectivity index (χ1n) is 31.3. The molecule has 6 atom stereocenters. The van der Waals surface area contributed by atoms with Crippen LogP contribution in [0.5, 0.6) is 5.75 Å². The number of aromatic amines is 1. The third kappa shape index (κ3) is 24.5. The molecule has 17 N–H and O–H groups in total. The van der Waals surface area contributed by atoms with Crippen LogP contribution in [0.3, 0.4) is 0 Å². The smallest absolute Gasteiger partial charge is 0.490 e. The lowest BCUT2D eigenvalue weighted by atomic mass is 9.89. The Kier molecular flexibility index (Phi) is 30.8. The van der Waals surface area contributed by atoms with Crippen molar-refractivity contribution in [3.8, 4) is 40.0 Å². The zero-order valence-corrected chi connectivity index (χ0v) is 60.7. The van der Waals surface area contributed by atoms with Gasteiger partial charge in [-0.2, -0.15) is 22.0 Å². The van der Waals surface area contributed by atoms with Gasteiger partial charge in [0.05, 0.1) is 98.5 Å². The molecule has 2 aromatic heterocycles. The number of phosphoric acid groups is 3. The molecule has 6 unspecified atom stereocenters. The number of aromatic nitrogens is 3. The van der Waals surface area contributed by atoms with Crippen LogP contribution in [0.15, 0.2) is 102 Å². The van der Waals surface area contributed by atoms with Crippen molar-refractivity contribution in [1.82, 2.24) is 35.8 Å². The lowest BCUT2D eigenvalue weighted by Gasteiger charge is -2.21. The quantitative estimate of drug-likeness (QED) is 0.00212. The molecule has 8 rings (SSSR count). The summed E-state index contributed by atoms with van der Waals surface area (Å²) >= 11 is 0.337. The summed E-state index contributed by atoms with van der Waals surface area (Å²) in [5.41, 5.74) is 28.4. The van der Waals surface area contributed by atoms with Crippen LogP contribution >= 0.6 is 35.5 Å².